The molecule has 0 unspecified atom stereocenters. The van der Waals surface area contributed by atoms with Gasteiger partial charge in [-0.2, -0.15) is 28.5 Å². The highest BCUT2D eigenvalue weighted by molar-refractivity contribution is 5.95. The van der Waals surface area contributed by atoms with E-state index in [-0.39, 0.29) is 12.4 Å². The summed E-state index contributed by atoms with van der Waals surface area (Å²) in [6.45, 7) is 0.114. The first-order chi connectivity index (χ1) is 12.9. The summed E-state index contributed by atoms with van der Waals surface area (Å²) in [4.78, 5) is 16.2. The number of amides is 1. The number of carbonyl (C=O) groups is 1. The average molecular weight is 376 g/mol. The molecular weight excluding hydrogens is 361 g/mol. The van der Waals surface area contributed by atoms with Crippen LogP contribution in [0.4, 0.5) is 13.2 Å². The molecule has 2 aromatic heterocycles. The topological polar surface area (TPSA) is 84.5 Å². The molecule has 0 aromatic carbocycles. The predicted molar refractivity (Wildman–Crippen MR) is 89.0 cm³/mol. The Balaban J connectivity index is 1.73. The van der Waals surface area contributed by atoms with E-state index in [2.05, 4.69) is 31.5 Å². The van der Waals surface area contributed by atoms with Crippen LogP contribution in [0.15, 0.2) is 40.8 Å². The summed E-state index contributed by atoms with van der Waals surface area (Å²) < 4.78 is 41.2. The number of hydrogen-bond donors (Lipinski definition) is 1. The maximum atomic E-state index is 13.5. The molecule has 10 heteroatoms. The Kier molecular flexibility index (Phi) is 4.94. The van der Waals surface area contributed by atoms with Gasteiger partial charge in [0.25, 0.3) is 5.91 Å². The van der Waals surface area contributed by atoms with E-state index >= 15 is 0 Å². The molecule has 0 aliphatic carbocycles. The first-order valence-corrected chi connectivity index (χ1v) is 8.09. The van der Waals surface area contributed by atoms with Crippen LogP contribution in [0, 0.1) is 12.3 Å². The van der Waals surface area contributed by atoms with Crippen molar-refractivity contribution in [3.63, 3.8) is 0 Å². The van der Waals surface area contributed by atoms with E-state index in [1.165, 1.54) is 18.3 Å². The summed E-state index contributed by atoms with van der Waals surface area (Å²) in [5, 5.41) is 14.0. The first-order valence-electron chi connectivity index (χ1n) is 8.09. The standard InChI is InChI=1S/C17H15F3N6O/c1-2-3-7-16(24-25-16)8-10-22-15(27)12-11-23-26(14(12)17(18,19)20)13-6-4-5-9-21-13/h1,4-6,9,11H,3,7-8,10H2,(H,22,27). The number of alkyl halides is 3. The van der Waals surface area contributed by atoms with Gasteiger partial charge in [0, 0.05) is 32.0 Å². The molecule has 0 fully saturated rings. The van der Waals surface area contributed by atoms with E-state index in [9.17, 15) is 18.0 Å². The van der Waals surface area contributed by atoms with Crippen LogP contribution in [0.2, 0.25) is 0 Å². The highest BCUT2D eigenvalue weighted by Gasteiger charge is 2.41. The minimum absolute atomic E-state index is 0.0345. The van der Waals surface area contributed by atoms with Crippen LogP contribution in [0.3, 0.4) is 0 Å². The van der Waals surface area contributed by atoms with Crippen molar-refractivity contribution in [1.82, 2.24) is 20.1 Å². The largest absolute Gasteiger partial charge is 0.434 e. The average Bonchev–Trinajstić information content (AvgIpc) is 3.25. The zero-order chi connectivity index (χ0) is 19.5. The monoisotopic (exact) mass is 376 g/mol. The van der Waals surface area contributed by atoms with Crippen LogP contribution in [-0.4, -0.2) is 32.9 Å². The summed E-state index contributed by atoms with van der Waals surface area (Å²) in [6.07, 6.45) is 4.04. The molecule has 0 saturated heterocycles. The molecule has 27 heavy (non-hydrogen) atoms. The van der Waals surface area contributed by atoms with Crippen molar-refractivity contribution < 1.29 is 18.0 Å². The zero-order valence-electron chi connectivity index (χ0n) is 14.1. The van der Waals surface area contributed by atoms with Crippen molar-refractivity contribution in [2.45, 2.75) is 31.1 Å². The number of rotatable bonds is 7. The van der Waals surface area contributed by atoms with Crippen molar-refractivity contribution in [1.29, 1.82) is 0 Å². The number of nitrogens with zero attached hydrogens (tertiary/aromatic N) is 5. The van der Waals surface area contributed by atoms with Gasteiger partial charge in [0.05, 0.1) is 11.8 Å². The summed E-state index contributed by atoms with van der Waals surface area (Å²) >= 11 is 0. The molecule has 140 valence electrons. The quantitative estimate of drug-likeness (QED) is 0.754. The second-order valence-corrected chi connectivity index (χ2v) is 5.90. The van der Waals surface area contributed by atoms with Gasteiger partial charge in [-0.15, -0.1) is 12.3 Å². The molecule has 1 amide bonds. The molecule has 3 rings (SSSR count). The van der Waals surface area contributed by atoms with Gasteiger partial charge in [-0.25, -0.2) is 9.67 Å². The van der Waals surface area contributed by atoms with Crippen LogP contribution < -0.4 is 5.32 Å². The lowest BCUT2D eigenvalue weighted by Gasteiger charge is -2.13. The molecule has 0 radical (unpaired) electrons. The highest BCUT2D eigenvalue weighted by atomic mass is 19.4. The third-order valence-corrected chi connectivity index (χ3v) is 4.01. The van der Waals surface area contributed by atoms with Gasteiger partial charge in [-0.05, 0) is 12.1 Å². The minimum atomic E-state index is -4.78. The van der Waals surface area contributed by atoms with E-state index in [0.29, 0.717) is 23.9 Å². The summed E-state index contributed by atoms with van der Waals surface area (Å²) in [5.74, 6) is 1.57. The highest BCUT2D eigenvalue weighted by Crippen LogP contribution is 2.36. The maximum absolute atomic E-state index is 13.5. The lowest BCUT2D eigenvalue weighted by atomic mass is 10.0. The van der Waals surface area contributed by atoms with E-state index in [4.69, 9.17) is 6.42 Å². The van der Waals surface area contributed by atoms with E-state index in [1.54, 1.807) is 6.07 Å². The van der Waals surface area contributed by atoms with Crippen molar-refractivity contribution in [2.24, 2.45) is 10.2 Å². The number of nitrogens with one attached hydrogen (secondary N) is 1. The molecule has 1 aliphatic rings. The van der Waals surface area contributed by atoms with Gasteiger partial charge in [-0.3, -0.25) is 4.79 Å². The van der Waals surface area contributed by atoms with Crippen molar-refractivity contribution >= 4 is 5.91 Å². The molecular formula is C17H15F3N6O. The molecule has 3 heterocycles. The molecule has 1 N–H and O–H groups in total. The SMILES string of the molecule is C#CCCC1(CCNC(=O)c2cnn(-c3ccccn3)c2C(F)(F)F)N=N1. The molecule has 0 bridgehead atoms. The fourth-order valence-electron chi connectivity index (χ4n) is 2.58. The van der Waals surface area contributed by atoms with Crippen molar-refractivity contribution in [3.05, 3.63) is 41.9 Å². The lowest BCUT2D eigenvalue weighted by molar-refractivity contribution is -0.143. The normalized spacial score (nSPS) is 14.6. The summed E-state index contributed by atoms with van der Waals surface area (Å²) in [7, 11) is 0. The Morgan fingerprint density at radius 2 is 2.07 bits per heavy atom. The zero-order valence-corrected chi connectivity index (χ0v) is 14.1. The van der Waals surface area contributed by atoms with Gasteiger partial charge in [0.15, 0.2) is 17.2 Å². The fraction of sp³-hybridized carbons (Fsp3) is 0.353. The third-order valence-electron chi connectivity index (χ3n) is 4.01. The number of halogens is 3. The second-order valence-electron chi connectivity index (χ2n) is 5.90. The van der Waals surface area contributed by atoms with E-state index in [0.717, 1.165) is 6.20 Å². The van der Waals surface area contributed by atoms with Gasteiger partial charge < -0.3 is 5.32 Å². The first kappa shape index (κ1) is 18.6. The Hall–Kier alpha value is -3.22. The molecule has 0 atom stereocenters. The maximum Gasteiger partial charge on any atom is 0.434 e. The third kappa shape index (κ3) is 4.13. The summed E-state index contributed by atoms with van der Waals surface area (Å²) in [5.41, 5.74) is -2.37. The van der Waals surface area contributed by atoms with E-state index in [1.807, 2.05) is 0 Å². The van der Waals surface area contributed by atoms with E-state index < -0.39 is 29.0 Å². The van der Waals surface area contributed by atoms with Gasteiger partial charge in [0.1, 0.15) is 0 Å². The van der Waals surface area contributed by atoms with Gasteiger partial charge in [0.2, 0.25) is 0 Å². The molecule has 0 saturated carbocycles. The van der Waals surface area contributed by atoms with Crippen LogP contribution in [0.25, 0.3) is 5.82 Å². The predicted octanol–water partition coefficient (Wildman–Crippen LogP) is 2.98. The van der Waals surface area contributed by atoms with Gasteiger partial charge in [-0.1, -0.05) is 6.07 Å². The molecule has 7 nitrogen and oxygen atoms in total. The summed E-state index contributed by atoms with van der Waals surface area (Å²) in [6, 6.07) is 4.47. The number of pyridine rings is 1. The Bertz CT molecular complexity index is 892. The Morgan fingerprint density at radius 3 is 2.67 bits per heavy atom. The number of terminal acetylenes is 1. The fourth-order valence-corrected chi connectivity index (χ4v) is 2.58. The van der Waals surface area contributed by atoms with Crippen LogP contribution in [0.1, 0.15) is 35.3 Å². The second kappa shape index (κ2) is 7.19. The van der Waals surface area contributed by atoms with Crippen LogP contribution in [0.5, 0.6) is 0 Å². The molecule has 2 aromatic rings. The minimum Gasteiger partial charge on any atom is -0.352 e. The van der Waals surface area contributed by atoms with Crippen molar-refractivity contribution in [3.8, 4) is 18.2 Å². The van der Waals surface area contributed by atoms with Crippen molar-refractivity contribution in [2.75, 3.05) is 6.54 Å². The smallest absolute Gasteiger partial charge is 0.352 e. The Morgan fingerprint density at radius 1 is 1.30 bits per heavy atom. The van der Waals surface area contributed by atoms with Gasteiger partial charge >= 0.3 is 6.18 Å². The number of carbonyl (C=O) groups excluding carboxylic acids is 1. The Labute approximate surface area is 152 Å². The van der Waals surface area contributed by atoms with Crippen LogP contribution >= 0.6 is 0 Å². The van der Waals surface area contributed by atoms with Crippen LogP contribution in [-0.2, 0) is 6.18 Å². The number of aromatic nitrogens is 3. The molecule has 1 aliphatic heterocycles. The molecule has 0 spiro atoms. The number of hydrogen-bond acceptors (Lipinski definition) is 5. The lowest BCUT2D eigenvalue weighted by Crippen LogP contribution is -2.30.